The maximum Gasteiger partial charge on any atom is 0.233 e. The lowest BCUT2D eigenvalue weighted by Crippen LogP contribution is -2.37. The van der Waals surface area contributed by atoms with Crippen LogP contribution in [-0.2, 0) is 4.79 Å². The third-order valence-electron chi connectivity index (χ3n) is 1.39. The van der Waals surface area contributed by atoms with Crippen LogP contribution in [0.5, 0.6) is 0 Å². The summed E-state index contributed by atoms with van der Waals surface area (Å²) in [6, 6.07) is 0. The Bertz CT molecular complexity index is 93.2. The lowest BCUT2D eigenvalue weighted by Gasteiger charge is -2.09. The van der Waals surface area contributed by atoms with Crippen molar-refractivity contribution in [1.82, 2.24) is 10.6 Å². The fourth-order valence-electron chi connectivity index (χ4n) is 0.867. The van der Waals surface area contributed by atoms with Gasteiger partial charge in [0, 0.05) is 6.54 Å². The largest absolute Gasteiger partial charge is 0.355 e. The van der Waals surface area contributed by atoms with Gasteiger partial charge in [-0.25, -0.2) is 0 Å². The summed E-state index contributed by atoms with van der Waals surface area (Å²) in [7, 11) is 0. The highest BCUT2D eigenvalue weighted by Crippen LogP contribution is 1.86. The topological polar surface area (TPSA) is 41.1 Å². The quantitative estimate of drug-likeness (QED) is 0.461. The first-order valence-corrected chi connectivity index (χ1v) is 3.37. The van der Waals surface area contributed by atoms with Crippen molar-refractivity contribution >= 4 is 5.91 Å². The minimum absolute atomic E-state index is 0.120. The summed E-state index contributed by atoms with van der Waals surface area (Å²) in [4.78, 5) is 10.7. The van der Waals surface area contributed by atoms with Crippen molar-refractivity contribution in [2.45, 2.75) is 12.8 Å². The second-order valence-corrected chi connectivity index (χ2v) is 2.23. The molecule has 0 unspecified atom stereocenters. The van der Waals surface area contributed by atoms with Crippen LogP contribution in [0.15, 0.2) is 0 Å². The highest BCUT2D eigenvalue weighted by atomic mass is 16.1. The van der Waals surface area contributed by atoms with E-state index in [-0.39, 0.29) is 5.91 Å². The van der Waals surface area contributed by atoms with Gasteiger partial charge in [0.15, 0.2) is 0 Å². The van der Waals surface area contributed by atoms with Crippen LogP contribution in [0.4, 0.5) is 0 Å². The molecule has 0 aromatic carbocycles. The highest BCUT2D eigenvalue weighted by Gasteiger charge is 2.01. The maximum absolute atomic E-state index is 10.7. The van der Waals surface area contributed by atoms with E-state index in [4.69, 9.17) is 0 Å². The van der Waals surface area contributed by atoms with Gasteiger partial charge in [-0.05, 0) is 19.4 Å². The van der Waals surface area contributed by atoms with E-state index in [1.807, 2.05) is 0 Å². The Morgan fingerprint density at radius 1 is 1.22 bits per heavy atom. The molecule has 1 heterocycles. The van der Waals surface area contributed by atoms with E-state index in [0.717, 1.165) is 19.5 Å². The summed E-state index contributed by atoms with van der Waals surface area (Å²) in [5.41, 5.74) is 0. The predicted molar refractivity (Wildman–Crippen MR) is 35.1 cm³/mol. The Balaban J connectivity index is 2.20. The SMILES string of the molecule is O=C1CNCCCCN1. The molecule has 0 saturated carbocycles. The van der Waals surface area contributed by atoms with Crippen LogP contribution < -0.4 is 10.6 Å². The zero-order valence-corrected chi connectivity index (χ0v) is 5.44. The van der Waals surface area contributed by atoms with Crippen molar-refractivity contribution in [3.8, 4) is 0 Å². The molecule has 0 atom stereocenters. The van der Waals surface area contributed by atoms with E-state index >= 15 is 0 Å². The molecule has 1 rings (SSSR count). The van der Waals surface area contributed by atoms with Crippen LogP contribution in [0.2, 0.25) is 0 Å². The molecule has 1 aliphatic heterocycles. The van der Waals surface area contributed by atoms with Gasteiger partial charge >= 0.3 is 0 Å². The number of amides is 1. The first-order chi connectivity index (χ1) is 4.39. The zero-order valence-electron chi connectivity index (χ0n) is 5.44. The van der Waals surface area contributed by atoms with Gasteiger partial charge in [-0.15, -0.1) is 0 Å². The van der Waals surface area contributed by atoms with Gasteiger partial charge in [-0.3, -0.25) is 4.79 Å². The Kier molecular flexibility index (Phi) is 2.51. The van der Waals surface area contributed by atoms with E-state index < -0.39 is 0 Å². The molecular formula is C6H12N2O. The molecular weight excluding hydrogens is 116 g/mol. The molecule has 0 aromatic rings. The minimum atomic E-state index is 0.120. The molecule has 0 aromatic heterocycles. The van der Waals surface area contributed by atoms with Crippen LogP contribution in [0.3, 0.4) is 0 Å². The Labute approximate surface area is 54.8 Å². The van der Waals surface area contributed by atoms with E-state index in [9.17, 15) is 4.79 Å². The molecule has 2 N–H and O–H groups in total. The van der Waals surface area contributed by atoms with Crippen LogP contribution in [-0.4, -0.2) is 25.5 Å². The molecule has 1 fully saturated rings. The minimum Gasteiger partial charge on any atom is -0.355 e. The lowest BCUT2D eigenvalue weighted by molar-refractivity contribution is -0.120. The molecule has 3 heteroatoms. The molecule has 1 aliphatic rings. The Hall–Kier alpha value is -0.570. The average molecular weight is 128 g/mol. The van der Waals surface area contributed by atoms with Crippen LogP contribution in [0, 0.1) is 0 Å². The highest BCUT2D eigenvalue weighted by molar-refractivity contribution is 5.77. The van der Waals surface area contributed by atoms with Crippen molar-refractivity contribution in [1.29, 1.82) is 0 Å². The summed E-state index contributed by atoms with van der Waals surface area (Å²) in [6.07, 6.45) is 2.26. The normalized spacial score (nSPS) is 22.0. The second-order valence-electron chi connectivity index (χ2n) is 2.23. The standard InChI is InChI=1S/C6H12N2O/c9-6-5-7-3-1-2-4-8-6/h7H,1-5H2,(H,8,9). The molecule has 3 nitrogen and oxygen atoms in total. The molecule has 0 spiro atoms. The lowest BCUT2D eigenvalue weighted by atomic mass is 10.3. The summed E-state index contributed by atoms with van der Waals surface area (Å²) in [6.45, 7) is 2.31. The number of rotatable bonds is 0. The third kappa shape index (κ3) is 2.46. The number of carbonyl (C=O) groups is 1. The summed E-state index contributed by atoms with van der Waals surface area (Å²) < 4.78 is 0. The fraction of sp³-hybridized carbons (Fsp3) is 0.833. The fourth-order valence-corrected chi connectivity index (χ4v) is 0.867. The third-order valence-corrected chi connectivity index (χ3v) is 1.39. The Morgan fingerprint density at radius 3 is 2.89 bits per heavy atom. The van der Waals surface area contributed by atoms with E-state index in [0.29, 0.717) is 6.54 Å². The first kappa shape index (κ1) is 6.55. The number of hydrogen-bond acceptors (Lipinski definition) is 2. The van der Waals surface area contributed by atoms with Crippen LogP contribution in [0.1, 0.15) is 12.8 Å². The van der Waals surface area contributed by atoms with Crippen LogP contribution >= 0.6 is 0 Å². The molecule has 9 heavy (non-hydrogen) atoms. The summed E-state index contributed by atoms with van der Waals surface area (Å²) in [5.74, 6) is 0.120. The van der Waals surface area contributed by atoms with Crippen molar-refractivity contribution in [3.63, 3.8) is 0 Å². The monoisotopic (exact) mass is 128 g/mol. The van der Waals surface area contributed by atoms with Crippen LogP contribution in [0.25, 0.3) is 0 Å². The first-order valence-electron chi connectivity index (χ1n) is 3.37. The van der Waals surface area contributed by atoms with E-state index in [1.54, 1.807) is 0 Å². The Morgan fingerprint density at radius 2 is 2.00 bits per heavy atom. The molecule has 1 amide bonds. The summed E-state index contributed by atoms with van der Waals surface area (Å²) in [5, 5.41) is 5.81. The number of hydrogen-bond donors (Lipinski definition) is 2. The number of carbonyl (C=O) groups excluding carboxylic acids is 1. The van der Waals surface area contributed by atoms with Gasteiger partial charge in [0.05, 0.1) is 6.54 Å². The van der Waals surface area contributed by atoms with E-state index in [2.05, 4.69) is 10.6 Å². The van der Waals surface area contributed by atoms with Gasteiger partial charge in [0.1, 0.15) is 0 Å². The summed E-state index contributed by atoms with van der Waals surface area (Å²) >= 11 is 0. The van der Waals surface area contributed by atoms with Gasteiger partial charge in [0.25, 0.3) is 0 Å². The van der Waals surface area contributed by atoms with Crippen molar-refractivity contribution in [2.24, 2.45) is 0 Å². The molecule has 0 aliphatic carbocycles. The van der Waals surface area contributed by atoms with Gasteiger partial charge in [0.2, 0.25) is 5.91 Å². The van der Waals surface area contributed by atoms with Gasteiger partial charge in [-0.1, -0.05) is 0 Å². The maximum atomic E-state index is 10.7. The van der Waals surface area contributed by atoms with Gasteiger partial charge < -0.3 is 10.6 Å². The molecule has 1 saturated heterocycles. The zero-order chi connectivity index (χ0) is 6.53. The van der Waals surface area contributed by atoms with E-state index in [1.165, 1.54) is 6.42 Å². The van der Waals surface area contributed by atoms with Gasteiger partial charge in [-0.2, -0.15) is 0 Å². The molecule has 52 valence electrons. The number of nitrogens with one attached hydrogen (secondary N) is 2. The average Bonchev–Trinajstić information content (AvgIpc) is 1.79. The molecule has 0 bridgehead atoms. The second kappa shape index (κ2) is 3.45. The smallest absolute Gasteiger partial charge is 0.233 e. The van der Waals surface area contributed by atoms with Crippen molar-refractivity contribution in [3.05, 3.63) is 0 Å². The van der Waals surface area contributed by atoms with Crippen molar-refractivity contribution < 1.29 is 4.79 Å². The van der Waals surface area contributed by atoms with Crippen molar-refractivity contribution in [2.75, 3.05) is 19.6 Å². The molecule has 0 radical (unpaired) electrons. The predicted octanol–water partition coefficient (Wildman–Crippen LogP) is -0.514.